The number of aliphatic hydroxyl groups is 1. The third kappa shape index (κ3) is 2.67. The molecule has 0 amide bonds. The summed E-state index contributed by atoms with van der Waals surface area (Å²) in [6.07, 6.45) is 1.05. The molecule has 2 N–H and O–H groups in total. The Morgan fingerprint density at radius 2 is 2.35 bits per heavy atom. The molecule has 0 aliphatic carbocycles. The fourth-order valence-electron chi connectivity index (χ4n) is 1.30. The molecule has 6 nitrogen and oxygen atoms in total. The second kappa shape index (κ2) is 4.89. The van der Waals surface area contributed by atoms with E-state index in [1.807, 2.05) is 6.92 Å². The van der Waals surface area contributed by atoms with Crippen molar-refractivity contribution in [3.8, 4) is 0 Å². The zero-order valence-electron chi connectivity index (χ0n) is 9.62. The van der Waals surface area contributed by atoms with Crippen LogP contribution in [0.15, 0.2) is 17.2 Å². The highest BCUT2D eigenvalue weighted by molar-refractivity contribution is 7.99. The van der Waals surface area contributed by atoms with Gasteiger partial charge >= 0.3 is 0 Å². The highest BCUT2D eigenvalue weighted by Gasteiger charge is 2.11. The van der Waals surface area contributed by atoms with Crippen LogP contribution in [0.2, 0.25) is 0 Å². The molecule has 0 spiro atoms. The lowest BCUT2D eigenvalue weighted by atomic mass is 10.3. The minimum atomic E-state index is -0.379. The van der Waals surface area contributed by atoms with Crippen LogP contribution in [0.4, 0.5) is 0 Å². The van der Waals surface area contributed by atoms with Gasteiger partial charge in [0.1, 0.15) is 6.33 Å². The molecule has 0 aliphatic rings. The number of nitrogens with one attached hydrogen (secondary N) is 1. The van der Waals surface area contributed by atoms with Crippen LogP contribution >= 0.6 is 11.8 Å². The van der Waals surface area contributed by atoms with E-state index in [2.05, 4.69) is 15.1 Å². The summed E-state index contributed by atoms with van der Waals surface area (Å²) in [4.78, 5) is 19.8. The third-order valence-corrected chi connectivity index (χ3v) is 3.88. The van der Waals surface area contributed by atoms with Crippen LogP contribution in [0.3, 0.4) is 0 Å². The molecule has 2 aromatic heterocycles. The monoisotopic (exact) mass is 254 g/mol. The fraction of sp³-hybridized carbons (Fsp3) is 0.500. The summed E-state index contributed by atoms with van der Waals surface area (Å²) >= 11 is 1.56. The fourth-order valence-corrected chi connectivity index (χ4v) is 2.16. The number of aliphatic hydroxyl groups excluding tert-OH is 1. The molecule has 0 aromatic carbocycles. The molecule has 0 saturated heterocycles. The van der Waals surface area contributed by atoms with E-state index in [0.29, 0.717) is 17.2 Å². The number of fused-ring (bicyclic) bond motifs is 1. The van der Waals surface area contributed by atoms with Gasteiger partial charge in [0.15, 0.2) is 0 Å². The van der Waals surface area contributed by atoms with Gasteiger partial charge in [-0.05, 0) is 6.92 Å². The minimum absolute atomic E-state index is 0.106. The maximum Gasteiger partial charge on any atom is 0.274 e. The normalized spacial score (nSPS) is 15.0. The summed E-state index contributed by atoms with van der Waals surface area (Å²) in [7, 11) is 0. The largest absolute Gasteiger partial charge is 0.392 e. The summed E-state index contributed by atoms with van der Waals surface area (Å²) < 4.78 is 1.28. The number of H-pyrrole nitrogens is 1. The lowest BCUT2D eigenvalue weighted by Crippen LogP contribution is -2.17. The Kier molecular flexibility index (Phi) is 3.49. The van der Waals surface area contributed by atoms with Gasteiger partial charge in [0.25, 0.3) is 11.3 Å². The summed E-state index contributed by atoms with van der Waals surface area (Å²) in [5, 5.41) is 12.2. The van der Waals surface area contributed by atoms with Gasteiger partial charge in [0.2, 0.25) is 0 Å². The van der Waals surface area contributed by atoms with Gasteiger partial charge in [-0.25, -0.2) is 9.97 Å². The van der Waals surface area contributed by atoms with Gasteiger partial charge in [-0.3, -0.25) is 9.89 Å². The molecule has 17 heavy (non-hydrogen) atoms. The first kappa shape index (κ1) is 12.1. The molecular weight excluding hydrogens is 240 g/mol. The highest BCUT2D eigenvalue weighted by Crippen LogP contribution is 2.18. The molecule has 92 valence electrons. The minimum Gasteiger partial charge on any atom is -0.392 e. The second-order valence-electron chi connectivity index (χ2n) is 3.87. The van der Waals surface area contributed by atoms with Crippen LogP contribution < -0.4 is 5.56 Å². The van der Waals surface area contributed by atoms with E-state index in [1.165, 1.54) is 16.9 Å². The van der Waals surface area contributed by atoms with E-state index in [4.69, 9.17) is 0 Å². The number of aromatic amines is 1. The van der Waals surface area contributed by atoms with E-state index in [0.717, 1.165) is 0 Å². The van der Waals surface area contributed by atoms with Gasteiger partial charge in [-0.2, -0.15) is 4.52 Å². The average molecular weight is 254 g/mol. The highest BCUT2D eigenvalue weighted by atomic mass is 32.2. The summed E-state index contributed by atoms with van der Waals surface area (Å²) in [5.41, 5.74) is 0.507. The van der Waals surface area contributed by atoms with E-state index >= 15 is 0 Å². The first-order valence-corrected chi connectivity index (χ1v) is 6.34. The smallest absolute Gasteiger partial charge is 0.274 e. The van der Waals surface area contributed by atoms with Crippen molar-refractivity contribution in [2.24, 2.45) is 0 Å². The summed E-state index contributed by atoms with van der Waals surface area (Å²) in [6.45, 7) is 3.69. The average Bonchev–Trinajstić information content (AvgIpc) is 2.74. The number of rotatable bonds is 4. The Morgan fingerprint density at radius 3 is 3.06 bits per heavy atom. The third-order valence-electron chi connectivity index (χ3n) is 2.49. The molecule has 0 aliphatic heterocycles. The van der Waals surface area contributed by atoms with E-state index < -0.39 is 0 Å². The molecule has 0 radical (unpaired) electrons. The Labute approximate surface area is 102 Å². The molecule has 2 atom stereocenters. The molecule has 2 unspecified atom stereocenters. The van der Waals surface area contributed by atoms with E-state index in [-0.39, 0.29) is 16.9 Å². The van der Waals surface area contributed by atoms with Crippen molar-refractivity contribution in [3.63, 3.8) is 0 Å². The maximum absolute atomic E-state index is 11.6. The number of hydrogen-bond donors (Lipinski definition) is 2. The summed E-state index contributed by atoms with van der Waals surface area (Å²) in [5.74, 6) is 0.961. The number of nitrogens with zero attached hydrogens (tertiary/aromatic N) is 3. The maximum atomic E-state index is 11.6. The van der Waals surface area contributed by atoms with Crippen LogP contribution in [0.25, 0.3) is 5.78 Å². The topological polar surface area (TPSA) is 83.3 Å². The molecule has 0 bridgehead atoms. The first-order chi connectivity index (χ1) is 8.08. The van der Waals surface area contributed by atoms with Gasteiger partial charge < -0.3 is 5.11 Å². The second-order valence-corrected chi connectivity index (χ2v) is 5.23. The van der Waals surface area contributed by atoms with Crippen molar-refractivity contribution in [1.29, 1.82) is 0 Å². The predicted octanol–water partition coefficient (Wildman–Crippen LogP) is 0.420. The first-order valence-electron chi connectivity index (χ1n) is 5.29. The standard InChI is InChI=1S/C10H14N4O2S/c1-6(15)7(2)17-4-8-3-9(16)14-10(13-8)11-5-12-14/h3,5-7,15H,4H2,1-2H3,(H,11,12,13). The molecule has 0 saturated carbocycles. The van der Waals surface area contributed by atoms with Crippen molar-refractivity contribution in [3.05, 3.63) is 28.4 Å². The van der Waals surface area contributed by atoms with Crippen molar-refractivity contribution in [2.75, 3.05) is 0 Å². The molecular formula is C10H14N4O2S. The zero-order valence-corrected chi connectivity index (χ0v) is 10.4. The van der Waals surface area contributed by atoms with Crippen molar-refractivity contribution < 1.29 is 5.11 Å². The Hall–Kier alpha value is -1.34. The van der Waals surface area contributed by atoms with Crippen LogP contribution in [-0.4, -0.2) is 36.0 Å². The number of aromatic nitrogens is 4. The van der Waals surface area contributed by atoms with Gasteiger partial charge in [0.05, 0.1) is 11.8 Å². The Bertz CT molecular complexity index is 563. The van der Waals surface area contributed by atoms with Crippen molar-refractivity contribution in [2.45, 2.75) is 31.0 Å². The van der Waals surface area contributed by atoms with Crippen molar-refractivity contribution >= 4 is 17.5 Å². The lowest BCUT2D eigenvalue weighted by Gasteiger charge is -2.13. The van der Waals surface area contributed by atoms with Crippen LogP contribution in [0, 0.1) is 0 Å². The van der Waals surface area contributed by atoms with E-state index in [9.17, 15) is 9.90 Å². The van der Waals surface area contributed by atoms with Crippen LogP contribution in [0.5, 0.6) is 0 Å². The van der Waals surface area contributed by atoms with Gasteiger partial charge in [0, 0.05) is 17.1 Å². The predicted molar refractivity (Wildman–Crippen MR) is 66.0 cm³/mol. The van der Waals surface area contributed by atoms with Gasteiger partial charge in [-0.1, -0.05) is 6.92 Å². The Morgan fingerprint density at radius 1 is 1.59 bits per heavy atom. The quantitative estimate of drug-likeness (QED) is 0.826. The lowest BCUT2D eigenvalue weighted by molar-refractivity contribution is 0.196. The molecule has 7 heteroatoms. The molecule has 2 rings (SSSR count). The molecule has 2 heterocycles. The van der Waals surface area contributed by atoms with E-state index in [1.54, 1.807) is 18.7 Å². The SMILES string of the molecule is CC(O)C(C)SCc1cc(=O)n2[nH]cnc2n1. The molecule has 2 aromatic rings. The van der Waals surface area contributed by atoms with Gasteiger partial charge in [-0.15, -0.1) is 11.8 Å². The number of thioether (sulfide) groups is 1. The van der Waals surface area contributed by atoms with Crippen LogP contribution in [-0.2, 0) is 5.75 Å². The Balaban J connectivity index is 2.16. The zero-order chi connectivity index (χ0) is 12.4. The summed E-state index contributed by atoms with van der Waals surface area (Å²) in [6, 6.07) is 1.48. The van der Waals surface area contributed by atoms with Crippen LogP contribution in [0.1, 0.15) is 19.5 Å². The molecule has 0 fully saturated rings. The van der Waals surface area contributed by atoms with Crippen molar-refractivity contribution in [1.82, 2.24) is 19.6 Å². The number of hydrogen-bond acceptors (Lipinski definition) is 5.